The summed E-state index contributed by atoms with van der Waals surface area (Å²) >= 11 is 0. The summed E-state index contributed by atoms with van der Waals surface area (Å²) in [4.78, 5) is 41.8. The van der Waals surface area contributed by atoms with Gasteiger partial charge in [0.2, 0.25) is 0 Å². The van der Waals surface area contributed by atoms with E-state index in [0.717, 1.165) is 12.8 Å². The molecule has 8 heteroatoms. The summed E-state index contributed by atoms with van der Waals surface area (Å²) in [6, 6.07) is 6.93. The number of amides is 3. The minimum absolute atomic E-state index is 0.0251. The zero-order valence-electron chi connectivity index (χ0n) is 14.9. The Morgan fingerprint density at radius 3 is 2.56 bits per heavy atom. The van der Waals surface area contributed by atoms with Crippen molar-refractivity contribution < 1.29 is 18.8 Å². The van der Waals surface area contributed by atoms with E-state index < -0.39 is 11.8 Å². The minimum Gasteiger partial charge on any atom is -0.467 e. The Labute approximate surface area is 156 Å². The van der Waals surface area contributed by atoms with Crippen LogP contribution in [0.2, 0.25) is 0 Å². The molecule has 0 aromatic carbocycles. The normalized spacial score (nSPS) is 14.6. The Balaban J connectivity index is 1.37. The highest BCUT2D eigenvalue weighted by Crippen LogP contribution is 2.18. The zero-order valence-corrected chi connectivity index (χ0v) is 14.9. The third kappa shape index (κ3) is 5.16. The maximum atomic E-state index is 12.4. The molecule has 1 saturated heterocycles. The van der Waals surface area contributed by atoms with E-state index in [-0.39, 0.29) is 18.4 Å². The van der Waals surface area contributed by atoms with Crippen molar-refractivity contribution in [3.8, 4) is 0 Å². The van der Waals surface area contributed by atoms with Crippen LogP contribution in [0, 0.1) is 5.92 Å². The van der Waals surface area contributed by atoms with Gasteiger partial charge in [-0.2, -0.15) is 0 Å². The predicted octanol–water partition coefficient (Wildman–Crippen LogP) is 0.959. The molecular formula is C19H22N4O4. The molecule has 2 aromatic rings. The summed E-state index contributed by atoms with van der Waals surface area (Å²) in [6.07, 6.45) is 6.26. The van der Waals surface area contributed by atoms with Crippen LogP contribution in [0.5, 0.6) is 0 Å². The highest BCUT2D eigenvalue weighted by Gasteiger charge is 2.24. The number of pyridine rings is 1. The van der Waals surface area contributed by atoms with Crippen molar-refractivity contribution in [2.75, 3.05) is 19.6 Å². The first-order chi connectivity index (χ1) is 13.1. The first-order valence-electron chi connectivity index (χ1n) is 8.91. The van der Waals surface area contributed by atoms with Gasteiger partial charge in [0.25, 0.3) is 5.91 Å². The molecule has 0 saturated carbocycles. The average Bonchev–Trinajstić information content (AvgIpc) is 3.24. The molecule has 1 fully saturated rings. The minimum atomic E-state index is -0.685. The van der Waals surface area contributed by atoms with Crippen LogP contribution < -0.4 is 10.6 Å². The Morgan fingerprint density at radius 1 is 1.11 bits per heavy atom. The van der Waals surface area contributed by atoms with Crippen molar-refractivity contribution >= 4 is 17.7 Å². The molecule has 1 aliphatic rings. The second-order valence-electron chi connectivity index (χ2n) is 6.45. The number of aromatic nitrogens is 1. The van der Waals surface area contributed by atoms with Crippen LogP contribution in [0.25, 0.3) is 0 Å². The van der Waals surface area contributed by atoms with Gasteiger partial charge in [-0.15, -0.1) is 0 Å². The highest BCUT2D eigenvalue weighted by atomic mass is 16.3. The molecule has 3 heterocycles. The maximum Gasteiger partial charge on any atom is 0.309 e. The van der Waals surface area contributed by atoms with Crippen molar-refractivity contribution in [2.24, 2.45) is 5.92 Å². The van der Waals surface area contributed by atoms with E-state index in [1.54, 1.807) is 41.6 Å². The quantitative estimate of drug-likeness (QED) is 0.763. The molecule has 3 rings (SSSR count). The summed E-state index contributed by atoms with van der Waals surface area (Å²) in [7, 11) is 0. The topological polar surface area (TPSA) is 105 Å². The average molecular weight is 370 g/mol. The summed E-state index contributed by atoms with van der Waals surface area (Å²) in [5, 5.41) is 5.17. The predicted molar refractivity (Wildman–Crippen MR) is 96.4 cm³/mol. The van der Waals surface area contributed by atoms with Gasteiger partial charge in [-0.25, -0.2) is 0 Å². The molecule has 0 atom stereocenters. The molecule has 0 unspecified atom stereocenters. The monoisotopic (exact) mass is 370 g/mol. The van der Waals surface area contributed by atoms with Gasteiger partial charge in [0.05, 0.1) is 18.4 Å². The molecule has 1 aliphatic heterocycles. The summed E-state index contributed by atoms with van der Waals surface area (Å²) in [5.74, 6) is -0.541. The molecule has 0 radical (unpaired) electrons. The lowest BCUT2D eigenvalue weighted by Gasteiger charge is -2.32. The summed E-state index contributed by atoms with van der Waals surface area (Å²) < 4.78 is 5.10. The van der Waals surface area contributed by atoms with E-state index in [4.69, 9.17) is 4.42 Å². The van der Waals surface area contributed by atoms with Gasteiger partial charge in [0, 0.05) is 32.0 Å². The van der Waals surface area contributed by atoms with Crippen molar-refractivity contribution in [1.29, 1.82) is 0 Å². The largest absolute Gasteiger partial charge is 0.467 e. The second kappa shape index (κ2) is 8.98. The van der Waals surface area contributed by atoms with Gasteiger partial charge < -0.3 is 20.0 Å². The van der Waals surface area contributed by atoms with Crippen molar-refractivity contribution in [3.63, 3.8) is 0 Å². The van der Waals surface area contributed by atoms with Crippen molar-refractivity contribution in [1.82, 2.24) is 20.5 Å². The standard InChI is InChI=1S/C19H22N4O4/c24-17(18(25)22-13-16-4-2-10-27-16)21-11-14-5-8-23(9-6-14)19(26)15-3-1-7-20-12-15/h1-4,7,10,12,14H,5-6,8-9,11,13H2,(H,21,24)(H,22,25). The number of piperidine rings is 1. The lowest BCUT2D eigenvalue weighted by atomic mass is 9.96. The Hall–Kier alpha value is -3.16. The van der Waals surface area contributed by atoms with Crippen molar-refractivity contribution in [3.05, 3.63) is 54.2 Å². The lowest BCUT2D eigenvalue weighted by molar-refractivity contribution is -0.139. The van der Waals surface area contributed by atoms with Gasteiger partial charge in [0.1, 0.15) is 5.76 Å². The van der Waals surface area contributed by atoms with Crippen LogP contribution in [0.15, 0.2) is 47.3 Å². The molecule has 27 heavy (non-hydrogen) atoms. The molecule has 8 nitrogen and oxygen atoms in total. The molecule has 0 bridgehead atoms. The van der Waals surface area contributed by atoms with E-state index in [1.165, 1.54) is 6.26 Å². The maximum absolute atomic E-state index is 12.4. The van der Waals surface area contributed by atoms with E-state index >= 15 is 0 Å². The Morgan fingerprint density at radius 2 is 1.89 bits per heavy atom. The molecule has 142 valence electrons. The van der Waals surface area contributed by atoms with Crippen LogP contribution in [-0.4, -0.2) is 47.2 Å². The van der Waals surface area contributed by atoms with Gasteiger partial charge in [-0.3, -0.25) is 19.4 Å². The Bertz CT molecular complexity index is 768. The number of nitrogens with zero attached hydrogens (tertiary/aromatic N) is 2. The number of carbonyl (C=O) groups excluding carboxylic acids is 3. The third-order valence-electron chi connectivity index (χ3n) is 4.57. The van der Waals surface area contributed by atoms with E-state index in [9.17, 15) is 14.4 Å². The summed E-state index contributed by atoms with van der Waals surface area (Å²) in [5.41, 5.74) is 0.581. The third-order valence-corrected chi connectivity index (χ3v) is 4.57. The van der Waals surface area contributed by atoms with Crippen LogP contribution >= 0.6 is 0 Å². The van der Waals surface area contributed by atoms with E-state index in [0.29, 0.717) is 31.0 Å². The number of furan rings is 1. The number of hydrogen-bond acceptors (Lipinski definition) is 5. The fraction of sp³-hybridized carbons (Fsp3) is 0.368. The first kappa shape index (κ1) is 18.6. The lowest BCUT2D eigenvalue weighted by Crippen LogP contribution is -2.44. The Kier molecular flexibility index (Phi) is 6.19. The summed E-state index contributed by atoms with van der Waals surface area (Å²) in [6.45, 7) is 1.84. The SMILES string of the molecule is O=C(NCc1ccco1)C(=O)NCC1CCN(C(=O)c2cccnc2)CC1. The smallest absolute Gasteiger partial charge is 0.309 e. The van der Waals surface area contributed by atoms with Gasteiger partial charge in [-0.1, -0.05) is 0 Å². The fourth-order valence-corrected chi connectivity index (χ4v) is 2.99. The fourth-order valence-electron chi connectivity index (χ4n) is 2.99. The number of nitrogens with one attached hydrogen (secondary N) is 2. The van der Waals surface area contributed by atoms with Crippen LogP contribution in [0.1, 0.15) is 29.0 Å². The molecule has 0 spiro atoms. The van der Waals surface area contributed by atoms with Crippen LogP contribution in [0.3, 0.4) is 0 Å². The number of hydrogen-bond donors (Lipinski definition) is 2. The van der Waals surface area contributed by atoms with E-state index in [2.05, 4.69) is 15.6 Å². The highest BCUT2D eigenvalue weighted by molar-refractivity contribution is 6.35. The number of carbonyl (C=O) groups is 3. The number of likely N-dealkylation sites (tertiary alicyclic amines) is 1. The molecule has 0 aliphatic carbocycles. The molecule has 2 N–H and O–H groups in total. The van der Waals surface area contributed by atoms with E-state index in [1.807, 2.05) is 0 Å². The zero-order chi connectivity index (χ0) is 19.1. The first-order valence-corrected chi connectivity index (χ1v) is 8.91. The number of rotatable bonds is 5. The molecule has 2 aromatic heterocycles. The van der Waals surface area contributed by atoms with Gasteiger partial charge >= 0.3 is 11.8 Å². The van der Waals surface area contributed by atoms with Crippen LogP contribution in [0.4, 0.5) is 0 Å². The van der Waals surface area contributed by atoms with Gasteiger partial charge in [0.15, 0.2) is 0 Å². The van der Waals surface area contributed by atoms with Crippen LogP contribution in [-0.2, 0) is 16.1 Å². The van der Waals surface area contributed by atoms with Gasteiger partial charge in [-0.05, 0) is 43.0 Å². The molecular weight excluding hydrogens is 348 g/mol. The van der Waals surface area contributed by atoms with Crippen molar-refractivity contribution in [2.45, 2.75) is 19.4 Å². The second-order valence-corrected chi connectivity index (χ2v) is 6.45. The molecule has 3 amide bonds.